The Bertz CT molecular complexity index is 112. The van der Waals surface area contributed by atoms with Crippen molar-refractivity contribution in [3.63, 3.8) is 0 Å². The standard InChI is InChI=1S/C8H17NO/c1-8(10)5-3-4-6-9(2)7-8/h10H,3-7H2,1-2H3. The first-order chi connectivity index (χ1) is 4.60. The van der Waals surface area contributed by atoms with Crippen LogP contribution >= 0.6 is 0 Å². The van der Waals surface area contributed by atoms with Crippen LogP contribution in [0.25, 0.3) is 0 Å². The number of likely N-dealkylation sites (tertiary alicyclic amines) is 1. The Morgan fingerprint density at radius 1 is 1.40 bits per heavy atom. The molecule has 0 aromatic carbocycles. The van der Waals surface area contributed by atoms with Crippen LogP contribution in [0.4, 0.5) is 0 Å². The number of aliphatic hydroxyl groups is 1. The number of hydrogen-bond acceptors (Lipinski definition) is 2. The first kappa shape index (κ1) is 8.02. The highest BCUT2D eigenvalue weighted by Crippen LogP contribution is 2.18. The van der Waals surface area contributed by atoms with Crippen molar-refractivity contribution in [3.8, 4) is 0 Å². The van der Waals surface area contributed by atoms with Crippen LogP contribution in [-0.2, 0) is 0 Å². The minimum Gasteiger partial charge on any atom is -0.389 e. The Kier molecular flexibility index (Phi) is 2.32. The normalized spacial score (nSPS) is 37.5. The highest BCUT2D eigenvalue weighted by Gasteiger charge is 2.24. The van der Waals surface area contributed by atoms with E-state index in [-0.39, 0.29) is 0 Å². The summed E-state index contributed by atoms with van der Waals surface area (Å²) in [6.07, 6.45) is 3.35. The molecule has 0 aromatic rings. The summed E-state index contributed by atoms with van der Waals surface area (Å²) < 4.78 is 0. The van der Waals surface area contributed by atoms with E-state index in [1.54, 1.807) is 0 Å². The van der Waals surface area contributed by atoms with E-state index in [9.17, 15) is 5.11 Å². The summed E-state index contributed by atoms with van der Waals surface area (Å²) in [6, 6.07) is 0. The molecule has 0 amide bonds. The molecule has 0 saturated carbocycles. The highest BCUT2D eigenvalue weighted by atomic mass is 16.3. The van der Waals surface area contributed by atoms with Gasteiger partial charge in [0.2, 0.25) is 0 Å². The highest BCUT2D eigenvalue weighted by molar-refractivity contribution is 4.79. The number of hydrogen-bond donors (Lipinski definition) is 1. The Balaban J connectivity index is 2.46. The molecular weight excluding hydrogens is 126 g/mol. The molecule has 1 saturated heterocycles. The van der Waals surface area contributed by atoms with Crippen LogP contribution in [0.5, 0.6) is 0 Å². The molecule has 1 fully saturated rings. The van der Waals surface area contributed by atoms with Crippen LogP contribution in [0.3, 0.4) is 0 Å². The lowest BCUT2D eigenvalue weighted by Crippen LogP contribution is -2.36. The van der Waals surface area contributed by atoms with E-state index >= 15 is 0 Å². The molecule has 10 heavy (non-hydrogen) atoms. The lowest BCUT2D eigenvalue weighted by molar-refractivity contribution is 0.0301. The lowest BCUT2D eigenvalue weighted by atomic mass is 10.0. The van der Waals surface area contributed by atoms with Crippen molar-refractivity contribution in [1.29, 1.82) is 0 Å². The van der Waals surface area contributed by atoms with Gasteiger partial charge in [-0.15, -0.1) is 0 Å². The zero-order chi connectivity index (χ0) is 7.61. The Morgan fingerprint density at radius 2 is 2.10 bits per heavy atom. The van der Waals surface area contributed by atoms with Gasteiger partial charge in [-0.2, -0.15) is 0 Å². The van der Waals surface area contributed by atoms with Crippen LogP contribution < -0.4 is 0 Å². The molecule has 1 heterocycles. The van der Waals surface area contributed by atoms with Crippen LogP contribution in [0.1, 0.15) is 26.2 Å². The van der Waals surface area contributed by atoms with E-state index in [0.717, 1.165) is 25.9 Å². The smallest absolute Gasteiger partial charge is 0.0746 e. The van der Waals surface area contributed by atoms with Crippen LogP contribution in [0.15, 0.2) is 0 Å². The molecule has 1 aliphatic heterocycles. The maximum atomic E-state index is 9.68. The molecule has 2 heteroatoms. The summed E-state index contributed by atoms with van der Waals surface area (Å²) in [6.45, 7) is 3.89. The van der Waals surface area contributed by atoms with Crippen LogP contribution in [-0.4, -0.2) is 35.7 Å². The van der Waals surface area contributed by atoms with Gasteiger partial charge in [0.15, 0.2) is 0 Å². The van der Waals surface area contributed by atoms with Crippen LogP contribution in [0.2, 0.25) is 0 Å². The Morgan fingerprint density at radius 3 is 2.80 bits per heavy atom. The van der Waals surface area contributed by atoms with Crippen molar-refractivity contribution in [2.75, 3.05) is 20.1 Å². The summed E-state index contributed by atoms with van der Waals surface area (Å²) in [5.74, 6) is 0. The summed E-state index contributed by atoms with van der Waals surface area (Å²) in [5.41, 5.74) is -0.439. The van der Waals surface area contributed by atoms with E-state index in [2.05, 4.69) is 11.9 Å². The van der Waals surface area contributed by atoms with Gasteiger partial charge in [-0.3, -0.25) is 0 Å². The first-order valence-electron chi connectivity index (χ1n) is 4.01. The van der Waals surface area contributed by atoms with Crippen molar-refractivity contribution >= 4 is 0 Å². The van der Waals surface area contributed by atoms with Gasteiger partial charge in [-0.25, -0.2) is 0 Å². The molecule has 1 N–H and O–H groups in total. The Hall–Kier alpha value is -0.0800. The van der Waals surface area contributed by atoms with Crippen molar-refractivity contribution in [2.45, 2.75) is 31.8 Å². The molecule has 1 atom stereocenters. The fraction of sp³-hybridized carbons (Fsp3) is 1.00. The summed E-state index contributed by atoms with van der Waals surface area (Å²) in [5, 5.41) is 9.68. The van der Waals surface area contributed by atoms with Crippen molar-refractivity contribution < 1.29 is 5.11 Å². The van der Waals surface area contributed by atoms with Crippen LogP contribution in [0, 0.1) is 0 Å². The van der Waals surface area contributed by atoms with E-state index in [4.69, 9.17) is 0 Å². The third-order valence-electron chi connectivity index (χ3n) is 2.12. The molecule has 60 valence electrons. The minimum atomic E-state index is -0.439. The van der Waals surface area contributed by atoms with Gasteiger partial charge in [0.05, 0.1) is 5.60 Å². The average molecular weight is 143 g/mol. The fourth-order valence-electron chi connectivity index (χ4n) is 1.63. The maximum absolute atomic E-state index is 9.68. The van der Waals surface area contributed by atoms with Gasteiger partial charge in [0.25, 0.3) is 0 Å². The van der Waals surface area contributed by atoms with E-state index in [1.807, 2.05) is 6.92 Å². The second-order valence-electron chi connectivity index (χ2n) is 3.69. The zero-order valence-corrected chi connectivity index (χ0v) is 6.93. The molecule has 0 radical (unpaired) electrons. The van der Waals surface area contributed by atoms with Crippen molar-refractivity contribution in [3.05, 3.63) is 0 Å². The van der Waals surface area contributed by atoms with Gasteiger partial charge >= 0.3 is 0 Å². The molecule has 1 unspecified atom stereocenters. The van der Waals surface area contributed by atoms with Gasteiger partial charge in [-0.05, 0) is 39.8 Å². The van der Waals surface area contributed by atoms with Gasteiger partial charge in [-0.1, -0.05) is 0 Å². The number of nitrogens with zero attached hydrogens (tertiary/aromatic N) is 1. The number of β-amino-alcohol motifs (C(OH)–C–C–N with tert-alkyl or cyclic N) is 1. The predicted molar refractivity (Wildman–Crippen MR) is 42.0 cm³/mol. The molecule has 1 aliphatic rings. The average Bonchev–Trinajstić information content (AvgIpc) is 1.90. The molecule has 0 spiro atoms. The topological polar surface area (TPSA) is 23.5 Å². The largest absolute Gasteiger partial charge is 0.389 e. The third kappa shape index (κ3) is 2.27. The summed E-state index contributed by atoms with van der Waals surface area (Å²) in [7, 11) is 2.07. The maximum Gasteiger partial charge on any atom is 0.0746 e. The van der Waals surface area contributed by atoms with E-state index in [1.165, 1.54) is 6.42 Å². The zero-order valence-electron chi connectivity index (χ0n) is 6.93. The molecule has 0 bridgehead atoms. The van der Waals surface area contributed by atoms with Crippen molar-refractivity contribution in [2.24, 2.45) is 0 Å². The van der Waals surface area contributed by atoms with E-state index < -0.39 is 5.60 Å². The number of likely N-dealkylation sites (N-methyl/N-ethyl adjacent to an activating group) is 1. The molecule has 0 aliphatic carbocycles. The Labute approximate surface area is 62.8 Å². The van der Waals surface area contributed by atoms with Crippen molar-refractivity contribution in [1.82, 2.24) is 4.90 Å². The van der Waals surface area contributed by atoms with E-state index in [0.29, 0.717) is 0 Å². The molecule has 0 aromatic heterocycles. The summed E-state index contributed by atoms with van der Waals surface area (Å²) in [4.78, 5) is 2.20. The monoisotopic (exact) mass is 143 g/mol. The first-order valence-corrected chi connectivity index (χ1v) is 4.01. The fourth-order valence-corrected chi connectivity index (χ4v) is 1.63. The molecule has 1 rings (SSSR count). The van der Waals surface area contributed by atoms with Gasteiger partial charge in [0, 0.05) is 6.54 Å². The lowest BCUT2D eigenvalue weighted by Gasteiger charge is -2.24. The quantitative estimate of drug-likeness (QED) is 0.543. The van der Waals surface area contributed by atoms with Gasteiger partial charge < -0.3 is 10.0 Å². The molecule has 2 nitrogen and oxygen atoms in total. The number of rotatable bonds is 0. The predicted octanol–water partition coefficient (Wildman–Crippen LogP) is 0.853. The molecular formula is C8H17NO. The third-order valence-corrected chi connectivity index (χ3v) is 2.12. The second kappa shape index (κ2) is 2.89. The summed E-state index contributed by atoms with van der Waals surface area (Å²) >= 11 is 0. The van der Waals surface area contributed by atoms with Gasteiger partial charge in [0.1, 0.15) is 0 Å². The second-order valence-corrected chi connectivity index (χ2v) is 3.69. The SMILES string of the molecule is CN1CCCCC(C)(O)C1. The minimum absolute atomic E-state index is 0.439.